The molecule has 2 unspecified atom stereocenters. The number of hydrogen-bond donors (Lipinski definition) is 3. The number of nitrogens with zero attached hydrogens (tertiary/aromatic N) is 3. The molecule has 2 atom stereocenters. The third kappa shape index (κ3) is 1.66. The molecule has 18 heavy (non-hydrogen) atoms. The lowest BCUT2D eigenvalue weighted by Gasteiger charge is -2.13. The van der Waals surface area contributed by atoms with E-state index in [1.807, 2.05) is 0 Å². The molecule has 96 valence electrons. The second-order valence-electron chi connectivity index (χ2n) is 4.25. The topological polar surface area (TPSA) is 119 Å². The van der Waals surface area contributed by atoms with Crippen LogP contribution in [-0.2, 0) is 4.74 Å². The Morgan fingerprint density at radius 3 is 3.17 bits per heavy atom. The number of aliphatic hydroxyl groups excluding tert-OH is 1. The number of nitrogens with two attached hydrogens (primary N) is 1. The van der Waals surface area contributed by atoms with E-state index in [4.69, 9.17) is 15.6 Å². The van der Waals surface area contributed by atoms with E-state index in [1.54, 1.807) is 4.57 Å². The number of anilines is 1. The van der Waals surface area contributed by atoms with Crippen molar-refractivity contribution in [3.8, 4) is 0 Å². The van der Waals surface area contributed by atoms with E-state index < -0.39 is 0 Å². The molecule has 0 spiro atoms. The van der Waals surface area contributed by atoms with E-state index in [9.17, 15) is 4.79 Å². The number of nitrogen functional groups attached to an aromatic ring is 1. The van der Waals surface area contributed by atoms with Gasteiger partial charge in [-0.05, 0) is 12.8 Å². The Morgan fingerprint density at radius 1 is 1.61 bits per heavy atom. The van der Waals surface area contributed by atoms with Crippen LogP contribution in [0.1, 0.15) is 19.1 Å². The van der Waals surface area contributed by atoms with E-state index in [-0.39, 0.29) is 30.4 Å². The van der Waals surface area contributed by atoms with E-state index in [1.165, 1.54) is 6.33 Å². The first-order valence-corrected chi connectivity index (χ1v) is 5.67. The molecule has 8 nitrogen and oxygen atoms in total. The van der Waals surface area contributed by atoms with Crippen LogP contribution in [0.5, 0.6) is 0 Å². The summed E-state index contributed by atoms with van der Waals surface area (Å²) in [6.07, 6.45) is 2.50. The first-order valence-electron chi connectivity index (χ1n) is 5.67. The SMILES string of the molecule is Nc1nc2ncn(C3CCC(CO)O3)c2c(=O)[nH]1. The van der Waals surface area contributed by atoms with Gasteiger partial charge in [-0.1, -0.05) is 0 Å². The zero-order chi connectivity index (χ0) is 12.7. The Bertz CT molecular complexity index is 634. The predicted molar refractivity (Wildman–Crippen MR) is 62.8 cm³/mol. The van der Waals surface area contributed by atoms with E-state index in [0.29, 0.717) is 11.2 Å². The quantitative estimate of drug-likeness (QED) is 0.654. The molecular weight excluding hydrogens is 238 g/mol. The maximum absolute atomic E-state index is 11.8. The molecule has 1 aliphatic heterocycles. The van der Waals surface area contributed by atoms with Gasteiger partial charge in [0.1, 0.15) is 6.23 Å². The molecule has 8 heteroatoms. The number of nitrogens with one attached hydrogen (secondary N) is 1. The Labute approximate surface area is 101 Å². The zero-order valence-corrected chi connectivity index (χ0v) is 9.54. The second-order valence-corrected chi connectivity index (χ2v) is 4.25. The van der Waals surface area contributed by atoms with Gasteiger partial charge in [-0.2, -0.15) is 4.98 Å². The molecule has 1 fully saturated rings. The Balaban J connectivity index is 2.06. The van der Waals surface area contributed by atoms with E-state index in [0.717, 1.165) is 12.8 Å². The highest BCUT2D eigenvalue weighted by molar-refractivity contribution is 5.70. The number of aliphatic hydroxyl groups is 1. The van der Waals surface area contributed by atoms with Crippen LogP contribution in [0.3, 0.4) is 0 Å². The Morgan fingerprint density at radius 2 is 2.44 bits per heavy atom. The van der Waals surface area contributed by atoms with Gasteiger partial charge in [0.2, 0.25) is 5.95 Å². The smallest absolute Gasteiger partial charge is 0.278 e. The number of aromatic nitrogens is 4. The zero-order valence-electron chi connectivity index (χ0n) is 9.54. The summed E-state index contributed by atoms with van der Waals surface area (Å²) in [5.74, 6) is 0.0401. The molecule has 3 rings (SSSR count). The van der Waals surface area contributed by atoms with Crippen LogP contribution in [0, 0.1) is 0 Å². The minimum atomic E-state index is -0.342. The van der Waals surface area contributed by atoms with Crippen molar-refractivity contribution >= 4 is 17.1 Å². The van der Waals surface area contributed by atoms with Crippen molar-refractivity contribution in [1.82, 2.24) is 19.5 Å². The molecule has 0 radical (unpaired) electrons. The summed E-state index contributed by atoms with van der Waals surface area (Å²) in [5, 5.41) is 9.04. The van der Waals surface area contributed by atoms with Gasteiger partial charge in [0.05, 0.1) is 19.0 Å². The number of imidazole rings is 1. The summed E-state index contributed by atoms with van der Waals surface area (Å²) in [6, 6.07) is 0. The van der Waals surface area contributed by atoms with Crippen molar-refractivity contribution in [3.05, 3.63) is 16.7 Å². The van der Waals surface area contributed by atoms with Crippen molar-refractivity contribution in [2.75, 3.05) is 12.3 Å². The van der Waals surface area contributed by atoms with Crippen LogP contribution >= 0.6 is 0 Å². The maximum atomic E-state index is 11.8. The maximum Gasteiger partial charge on any atom is 0.278 e. The molecule has 1 saturated heterocycles. The van der Waals surface area contributed by atoms with Gasteiger partial charge >= 0.3 is 0 Å². The monoisotopic (exact) mass is 251 g/mol. The number of H-pyrrole nitrogens is 1. The summed E-state index contributed by atoms with van der Waals surface area (Å²) < 4.78 is 7.24. The molecule has 1 aliphatic rings. The highest BCUT2D eigenvalue weighted by atomic mass is 16.5. The van der Waals surface area contributed by atoms with Gasteiger partial charge in [0.25, 0.3) is 5.56 Å². The minimum Gasteiger partial charge on any atom is -0.394 e. The number of hydrogen-bond acceptors (Lipinski definition) is 6. The molecule has 2 aromatic rings. The van der Waals surface area contributed by atoms with Gasteiger partial charge < -0.3 is 15.6 Å². The average Bonchev–Trinajstić information content (AvgIpc) is 2.93. The summed E-state index contributed by atoms with van der Waals surface area (Å²) in [5.41, 5.74) is 5.75. The molecule has 3 heterocycles. The van der Waals surface area contributed by atoms with Crippen LogP contribution in [0.2, 0.25) is 0 Å². The Hall–Kier alpha value is -1.93. The van der Waals surface area contributed by atoms with E-state index >= 15 is 0 Å². The van der Waals surface area contributed by atoms with E-state index in [2.05, 4.69) is 15.0 Å². The molecule has 2 aromatic heterocycles. The third-order valence-electron chi connectivity index (χ3n) is 3.06. The molecule has 0 saturated carbocycles. The number of fused-ring (bicyclic) bond motifs is 1. The van der Waals surface area contributed by atoms with Crippen LogP contribution in [0.15, 0.2) is 11.1 Å². The number of rotatable bonds is 2. The number of aromatic amines is 1. The molecule has 0 amide bonds. The summed E-state index contributed by atoms with van der Waals surface area (Å²) in [4.78, 5) is 22.3. The summed E-state index contributed by atoms with van der Waals surface area (Å²) in [6.45, 7) is -0.0231. The molecule has 4 N–H and O–H groups in total. The number of ether oxygens (including phenoxy) is 1. The van der Waals surface area contributed by atoms with Crippen LogP contribution in [-0.4, -0.2) is 37.3 Å². The third-order valence-corrected chi connectivity index (χ3v) is 3.06. The normalized spacial score (nSPS) is 23.8. The largest absolute Gasteiger partial charge is 0.394 e. The Kier molecular flexibility index (Phi) is 2.53. The van der Waals surface area contributed by atoms with Gasteiger partial charge in [-0.25, -0.2) is 4.98 Å². The highest BCUT2D eigenvalue weighted by Crippen LogP contribution is 2.29. The van der Waals surface area contributed by atoms with Gasteiger partial charge in [0.15, 0.2) is 11.2 Å². The molecule has 0 bridgehead atoms. The van der Waals surface area contributed by atoms with Crippen LogP contribution < -0.4 is 11.3 Å². The molecular formula is C10H13N5O3. The lowest BCUT2D eigenvalue weighted by atomic mass is 10.2. The summed E-state index contributed by atoms with van der Waals surface area (Å²) >= 11 is 0. The van der Waals surface area contributed by atoms with Gasteiger partial charge in [-0.15, -0.1) is 0 Å². The average molecular weight is 251 g/mol. The fraction of sp³-hybridized carbons (Fsp3) is 0.500. The molecule has 0 aromatic carbocycles. The van der Waals surface area contributed by atoms with Crippen molar-refractivity contribution in [2.45, 2.75) is 25.2 Å². The minimum absolute atomic E-state index is 0.0231. The van der Waals surface area contributed by atoms with Crippen LogP contribution in [0.4, 0.5) is 5.95 Å². The first kappa shape index (κ1) is 11.2. The van der Waals surface area contributed by atoms with Crippen molar-refractivity contribution in [3.63, 3.8) is 0 Å². The van der Waals surface area contributed by atoms with Crippen molar-refractivity contribution in [1.29, 1.82) is 0 Å². The standard InChI is InChI=1S/C10H13N5O3/c11-10-13-8-7(9(17)14-10)15(4-12-8)6-2-1-5(3-16)18-6/h4-6,16H,1-3H2,(H3,11,13,14,17). The summed E-state index contributed by atoms with van der Waals surface area (Å²) in [7, 11) is 0. The van der Waals surface area contributed by atoms with Gasteiger partial charge in [-0.3, -0.25) is 14.3 Å². The molecule has 0 aliphatic carbocycles. The predicted octanol–water partition coefficient (Wildman–Crippen LogP) is -0.628. The fourth-order valence-corrected chi connectivity index (χ4v) is 2.21. The van der Waals surface area contributed by atoms with Crippen molar-refractivity contribution in [2.24, 2.45) is 0 Å². The highest BCUT2D eigenvalue weighted by Gasteiger charge is 2.27. The first-order chi connectivity index (χ1) is 8.69. The lowest BCUT2D eigenvalue weighted by Crippen LogP contribution is -2.18. The van der Waals surface area contributed by atoms with Crippen molar-refractivity contribution < 1.29 is 9.84 Å². The van der Waals surface area contributed by atoms with Crippen LogP contribution in [0.25, 0.3) is 11.2 Å². The lowest BCUT2D eigenvalue weighted by molar-refractivity contribution is -0.0205. The van der Waals surface area contributed by atoms with Gasteiger partial charge in [0, 0.05) is 0 Å². The second kappa shape index (κ2) is 4.07. The fourth-order valence-electron chi connectivity index (χ4n) is 2.21.